The van der Waals surface area contributed by atoms with Crippen molar-refractivity contribution in [1.29, 1.82) is 0 Å². The van der Waals surface area contributed by atoms with Crippen LogP contribution >= 0.6 is 0 Å². The van der Waals surface area contributed by atoms with Crippen molar-refractivity contribution in [2.75, 3.05) is 30.9 Å². The van der Waals surface area contributed by atoms with Gasteiger partial charge in [-0.25, -0.2) is 4.79 Å². The van der Waals surface area contributed by atoms with Gasteiger partial charge in [0.2, 0.25) is 0 Å². The average molecular weight is 395 g/mol. The fraction of sp³-hybridized carbons (Fsp3) is 0.318. The second kappa shape index (κ2) is 8.87. The van der Waals surface area contributed by atoms with Gasteiger partial charge in [0.15, 0.2) is 0 Å². The van der Waals surface area contributed by atoms with E-state index >= 15 is 0 Å². The Morgan fingerprint density at radius 2 is 1.59 bits per heavy atom. The topological polar surface area (TPSA) is 87.7 Å². The number of carbonyl (C=O) groups excluding carboxylic acids is 3. The van der Waals surface area contributed by atoms with Gasteiger partial charge in [0.1, 0.15) is 0 Å². The van der Waals surface area contributed by atoms with Gasteiger partial charge in [-0.3, -0.25) is 14.5 Å². The number of hydrogen-bond acceptors (Lipinski definition) is 4. The van der Waals surface area contributed by atoms with Gasteiger partial charge in [0, 0.05) is 31.6 Å². The third-order valence-electron chi connectivity index (χ3n) is 4.79. The molecule has 4 amide bonds. The quantitative estimate of drug-likeness (QED) is 0.546. The van der Waals surface area contributed by atoms with E-state index in [4.69, 9.17) is 4.74 Å². The highest BCUT2D eigenvalue weighted by molar-refractivity contribution is 6.22. The van der Waals surface area contributed by atoms with Gasteiger partial charge in [-0.15, -0.1) is 0 Å². The Bertz CT molecular complexity index is 922. The number of urea groups is 1. The summed E-state index contributed by atoms with van der Waals surface area (Å²) in [5, 5.41) is 5.47. The number of ether oxygens (including phenoxy) is 1. The van der Waals surface area contributed by atoms with Crippen LogP contribution in [-0.2, 0) is 4.74 Å². The molecule has 2 aromatic rings. The van der Waals surface area contributed by atoms with Crippen LogP contribution in [0.25, 0.3) is 0 Å². The molecule has 3 rings (SSSR count). The Labute approximate surface area is 170 Å². The summed E-state index contributed by atoms with van der Waals surface area (Å²) in [6, 6.07) is 11.9. The zero-order chi connectivity index (χ0) is 21.0. The fourth-order valence-electron chi connectivity index (χ4n) is 3.18. The van der Waals surface area contributed by atoms with Crippen molar-refractivity contribution in [1.82, 2.24) is 4.90 Å². The predicted molar refractivity (Wildman–Crippen MR) is 111 cm³/mol. The van der Waals surface area contributed by atoms with Crippen LogP contribution in [0.2, 0.25) is 0 Å². The molecule has 0 aliphatic carbocycles. The maximum Gasteiger partial charge on any atom is 0.323 e. The van der Waals surface area contributed by atoms with Crippen molar-refractivity contribution in [3.8, 4) is 0 Å². The van der Waals surface area contributed by atoms with E-state index in [2.05, 4.69) is 24.5 Å². The standard InChI is InChI=1S/C22H25N3O4/c1-14(2)15-5-7-16(8-6-15)23-22(28)24-17-9-10-18-19(13-17)21(27)25(20(18)26)11-4-12-29-3/h5-10,13-14H,4,11-12H2,1-3H3,(H2,23,24,28). The Morgan fingerprint density at radius 1 is 0.966 bits per heavy atom. The molecule has 0 radical (unpaired) electrons. The Hall–Kier alpha value is -3.19. The first-order chi connectivity index (χ1) is 13.9. The minimum Gasteiger partial charge on any atom is -0.385 e. The van der Waals surface area contributed by atoms with Gasteiger partial charge < -0.3 is 15.4 Å². The summed E-state index contributed by atoms with van der Waals surface area (Å²) in [7, 11) is 1.57. The Kier molecular flexibility index (Phi) is 6.29. The number of benzene rings is 2. The molecule has 2 aromatic carbocycles. The highest BCUT2D eigenvalue weighted by Gasteiger charge is 2.35. The van der Waals surface area contributed by atoms with E-state index in [9.17, 15) is 14.4 Å². The average Bonchev–Trinajstić information content (AvgIpc) is 2.93. The van der Waals surface area contributed by atoms with Gasteiger partial charge in [-0.05, 0) is 48.2 Å². The number of carbonyl (C=O) groups is 3. The second-order valence-electron chi connectivity index (χ2n) is 7.22. The number of methoxy groups -OCH3 is 1. The summed E-state index contributed by atoms with van der Waals surface area (Å²) in [6.45, 7) is 4.98. The molecule has 0 saturated heterocycles. The number of amides is 4. The van der Waals surface area contributed by atoms with Crippen LogP contribution in [0.5, 0.6) is 0 Å². The summed E-state index contributed by atoms with van der Waals surface area (Å²) < 4.78 is 4.98. The summed E-state index contributed by atoms with van der Waals surface area (Å²) in [6.07, 6.45) is 0.574. The van der Waals surface area contributed by atoms with Crippen LogP contribution < -0.4 is 10.6 Å². The van der Waals surface area contributed by atoms with Crippen LogP contribution in [0.4, 0.5) is 16.2 Å². The highest BCUT2D eigenvalue weighted by Crippen LogP contribution is 2.26. The zero-order valence-corrected chi connectivity index (χ0v) is 16.8. The lowest BCUT2D eigenvalue weighted by Crippen LogP contribution is -2.31. The molecule has 0 aromatic heterocycles. The van der Waals surface area contributed by atoms with Gasteiger partial charge in [-0.2, -0.15) is 0 Å². The summed E-state index contributed by atoms with van der Waals surface area (Å²) in [5.41, 5.74) is 2.95. The van der Waals surface area contributed by atoms with E-state index in [0.717, 1.165) is 0 Å². The first-order valence-electron chi connectivity index (χ1n) is 9.58. The third kappa shape index (κ3) is 4.63. The van der Waals surface area contributed by atoms with E-state index in [-0.39, 0.29) is 11.8 Å². The lowest BCUT2D eigenvalue weighted by Gasteiger charge is -2.12. The monoisotopic (exact) mass is 395 g/mol. The molecule has 2 N–H and O–H groups in total. The van der Waals surface area contributed by atoms with Crippen molar-refractivity contribution in [3.63, 3.8) is 0 Å². The largest absolute Gasteiger partial charge is 0.385 e. The van der Waals surface area contributed by atoms with Gasteiger partial charge >= 0.3 is 6.03 Å². The number of nitrogens with zero attached hydrogens (tertiary/aromatic N) is 1. The molecule has 1 heterocycles. The van der Waals surface area contributed by atoms with Crippen LogP contribution in [0.15, 0.2) is 42.5 Å². The SMILES string of the molecule is COCCCN1C(=O)c2ccc(NC(=O)Nc3ccc(C(C)C)cc3)cc2C1=O. The molecule has 152 valence electrons. The normalized spacial score (nSPS) is 13.0. The Balaban J connectivity index is 1.65. The fourth-order valence-corrected chi connectivity index (χ4v) is 3.18. The summed E-state index contributed by atoms with van der Waals surface area (Å²) in [4.78, 5) is 38.5. The smallest absolute Gasteiger partial charge is 0.323 e. The van der Waals surface area contributed by atoms with Crippen molar-refractivity contribution < 1.29 is 19.1 Å². The lowest BCUT2D eigenvalue weighted by molar-refractivity contribution is 0.0638. The van der Waals surface area contributed by atoms with Crippen molar-refractivity contribution >= 4 is 29.2 Å². The van der Waals surface area contributed by atoms with E-state index in [0.29, 0.717) is 48.0 Å². The molecule has 0 fully saturated rings. The molecule has 7 nitrogen and oxygen atoms in total. The first-order valence-corrected chi connectivity index (χ1v) is 9.58. The molecule has 0 bridgehead atoms. The molecule has 0 atom stereocenters. The minimum absolute atomic E-state index is 0.298. The maximum absolute atomic E-state index is 12.6. The van der Waals surface area contributed by atoms with Crippen LogP contribution in [-0.4, -0.2) is 43.0 Å². The highest BCUT2D eigenvalue weighted by atomic mass is 16.5. The van der Waals surface area contributed by atoms with Crippen LogP contribution in [0, 0.1) is 0 Å². The van der Waals surface area contributed by atoms with Crippen molar-refractivity contribution in [2.24, 2.45) is 0 Å². The zero-order valence-electron chi connectivity index (χ0n) is 16.8. The molecule has 7 heteroatoms. The van der Waals surface area contributed by atoms with Crippen LogP contribution in [0.1, 0.15) is 52.5 Å². The molecule has 1 aliphatic rings. The molecule has 0 saturated carbocycles. The van der Waals surface area contributed by atoms with E-state index in [1.54, 1.807) is 19.2 Å². The molecular formula is C22H25N3O4. The van der Waals surface area contributed by atoms with Gasteiger partial charge in [-0.1, -0.05) is 26.0 Å². The number of rotatable bonds is 7. The maximum atomic E-state index is 12.6. The second-order valence-corrected chi connectivity index (χ2v) is 7.22. The third-order valence-corrected chi connectivity index (χ3v) is 4.79. The van der Waals surface area contributed by atoms with Gasteiger partial charge in [0.25, 0.3) is 11.8 Å². The number of nitrogens with one attached hydrogen (secondary N) is 2. The first kappa shape index (κ1) is 20.5. The van der Waals surface area contributed by atoms with Crippen LogP contribution in [0.3, 0.4) is 0 Å². The molecule has 0 unspecified atom stereocenters. The molecule has 29 heavy (non-hydrogen) atoms. The summed E-state index contributed by atoms with van der Waals surface area (Å²) in [5.74, 6) is -0.254. The summed E-state index contributed by atoms with van der Waals surface area (Å²) >= 11 is 0. The van der Waals surface area contributed by atoms with Crippen molar-refractivity contribution in [2.45, 2.75) is 26.2 Å². The van der Waals surface area contributed by atoms with Gasteiger partial charge in [0.05, 0.1) is 11.1 Å². The van der Waals surface area contributed by atoms with E-state index in [1.165, 1.54) is 16.5 Å². The van der Waals surface area contributed by atoms with E-state index in [1.807, 2.05) is 24.3 Å². The number of anilines is 2. The molecule has 1 aliphatic heterocycles. The lowest BCUT2D eigenvalue weighted by atomic mass is 10.0. The number of fused-ring (bicyclic) bond motifs is 1. The van der Waals surface area contributed by atoms with E-state index < -0.39 is 6.03 Å². The number of hydrogen-bond donors (Lipinski definition) is 2. The Morgan fingerprint density at radius 3 is 2.24 bits per heavy atom. The van der Waals surface area contributed by atoms with Crippen molar-refractivity contribution in [3.05, 3.63) is 59.2 Å². The minimum atomic E-state index is -0.420. The molecule has 0 spiro atoms. The predicted octanol–water partition coefficient (Wildman–Crippen LogP) is 4.09. The number of imide groups is 1. The molecular weight excluding hydrogens is 370 g/mol.